The number of rotatable bonds is 3. The van der Waals surface area contributed by atoms with Gasteiger partial charge in [0, 0.05) is 11.8 Å². The Bertz CT molecular complexity index is 827. The van der Waals surface area contributed by atoms with Crippen molar-refractivity contribution >= 4 is 11.0 Å². The average molecular weight is 297 g/mol. The zero-order chi connectivity index (χ0) is 15.1. The molecule has 0 amide bonds. The minimum atomic E-state index is -0.431. The molecule has 4 rings (SSSR count). The number of benzene rings is 2. The fraction of sp³-hybridized carbons (Fsp3) is 0.222. The van der Waals surface area contributed by atoms with Crippen LogP contribution in [0, 0.1) is 5.82 Å². The van der Waals surface area contributed by atoms with Crippen LogP contribution in [0.25, 0.3) is 11.0 Å². The first kappa shape index (κ1) is 13.5. The van der Waals surface area contributed by atoms with Gasteiger partial charge in [0.25, 0.3) is 0 Å². The Hall–Kier alpha value is -2.17. The van der Waals surface area contributed by atoms with Crippen molar-refractivity contribution in [3.63, 3.8) is 0 Å². The fourth-order valence-electron chi connectivity index (χ4n) is 3.19. The lowest BCUT2D eigenvalue weighted by Gasteiger charge is -2.17. The molecule has 3 nitrogen and oxygen atoms in total. The number of aliphatic hydroxyl groups excluding tert-OH is 1. The highest BCUT2D eigenvalue weighted by Crippen LogP contribution is 2.31. The van der Waals surface area contributed by atoms with E-state index in [1.54, 1.807) is 6.07 Å². The maximum atomic E-state index is 13.2. The summed E-state index contributed by atoms with van der Waals surface area (Å²) in [6, 6.07) is 14.3. The quantitative estimate of drug-likeness (QED) is 0.779. The highest BCUT2D eigenvalue weighted by molar-refractivity contribution is 5.77. The molecule has 2 unspecified atom stereocenters. The van der Waals surface area contributed by atoms with Crippen molar-refractivity contribution in [2.45, 2.75) is 25.1 Å². The van der Waals surface area contributed by atoms with Crippen LogP contribution in [0.1, 0.15) is 22.9 Å². The topological polar surface area (TPSA) is 45.4 Å². The molecule has 0 saturated heterocycles. The second kappa shape index (κ2) is 5.23. The van der Waals surface area contributed by atoms with Crippen LogP contribution in [0.5, 0.6) is 0 Å². The van der Waals surface area contributed by atoms with Crippen LogP contribution in [0.4, 0.5) is 4.39 Å². The summed E-state index contributed by atoms with van der Waals surface area (Å²) in [5.41, 5.74) is 2.99. The van der Waals surface area contributed by atoms with Crippen molar-refractivity contribution in [2.75, 3.05) is 0 Å². The summed E-state index contributed by atoms with van der Waals surface area (Å²) >= 11 is 0. The van der Waals surface area contributed by atoms with Gasteiger partial charge >= 0.3 is 0 Å². The molecule has 112 valence electrons. The summed E-state index contributed by atoms with van der Waals surface area (Å²) < 4.78 is 18.9. The monoisotopic (exact) mass is 297 g/mol. The van der Waals surface area contributed by atoms with Gasteiger partial charge in [0.05, 0.1) is 18.7 Å². The summed E-state index contributed by atoms with van der Waals surface area (Å²) in [7, 11) is 0. The molecule has 0 spiro atoms. The highest BCUT2D eigenvalue weighted by Gasteiger charge is 2.30. The third kappa shape index (κ3) is 2.30. The van der Waals surface area contributed by atoms with Crippen molar-refractivity contribution in [3.05, 3.63) is 71.2 Å². The van der Waals surface area contributed by atoms with Gasteiger partial charge in [-0.05, 0) is 35.4 Å². The van der Waals surface area contributed by atoms with Crippen LogP contribution in [0.2, 0.25) is 0 Å². The first-order chi connectivity index (χ1) is 10.7. The Morgan fingerprint density at radius 3 is 2.95 bits per heavy atom. The highest BCUT2D eigenvalue weighted by atomic mass is 19.1. The Labute approximate surface area is 127 Å². The Balaban J connectivity index is 1.54. The van der Waals surface area contributed by atoms with Gasteiger partial charge in [0.15, 0.2) is 0 Å². The number of aliphatic hydroxyl groups is 1. The van der Waals surface area contributed by atoms with E-state index in [9.17, 15) is 9.50 Å². The van der Waals surface area contributed by atoms with Gasteiger partial charge in [-0.2, -0.15) is 0 Å². The van der Waals surface area contributed by atoms with Crippen molar-refractivity contribution < 1.29 is 13.9 Å². The molecule has 3 aromatic rings. The second-order valence-electron chi connectivity index (χ2n) is 5.72. The molecule has 0 saturated carbocycles. The molecule has 1 aliphatic rings. The predicted molar refractivity (Wildman–Crippen MR) is 81.9 cm³/mol. The zero-order valence-corrected chi connectivity index (χ0v) is 11.9. The molecule has 22 heavy (non-hydrogen) atoms. The molecule has 0 bridgehead atoms. The summed E-state index contributed by atoms with van der Waals surface area (Å²) in [4.78, 5) is 0. The summed E-state index contributed by atoms with van der Waals surface area (Å²) in [6.45, 7) is 0.492. The number of hydrogen-bond donors (Lipinski definition) is 2. The van der Waals surface area contributed by atoms with E-state index in [0.717, 1.165) is 16.7 Å². The van der Waals surface area contributed by atoms with E-state index >= 15 is 0 Å². The van der Waals surface area contributed by atoms with Gasteiger partial charge in [-0.15, -0.1) is 0 Å². The van der Waals surface area contributed by atoms with E-state index in [4.69, 9.17) is 4.42 Å². The molecular formula is C18H16FNO2. The van der Waals surface area contributed by atoms with E-state index in [2.05, 4.69) is 5.32 Å². The van der Waals surface area contributed by atoms with Gasteiger partial charge in [0.1, 0.15) is 17.2 Å². The summed E-state index contributed by atoms with van der Waals surface area (Å²) in [6.07, 6.45) is 0.235. The zero-order valence-electron chi connectivity index (χ0n) is 11.9. The molecule has 2 N–H and O–H groups in total. The number of halogens is 1. The van der Waals surface area contributed by atoms with Gasteiger partial charge < -0.3 is 14.8 Å². The number of hydrogen-bond acceptors (Lipinski definition) is 3. The lowest BCUT2D eigenvalue weighted by molar-refractivity contribution is 0.139. The predicted octanol–water partition coefficient (Wildman–Crippen LogP) is 3.32. The minimum Gasteiger partial charge on any atom is -0.460 e. The fourth-order valence-corrected chi connectivity index (χ4v) is 3.19. The molecule has 1 aliphatic carbocycles. The van der Waals surface area contributed by atoms with Crippen molar-refractivity contribution in [3.8, 4) is 0 Å². The van der Waals surface area contributed by atoms with Crippen molar-refractivity contribution in [1.82, 2.24) is 5.32 Å². The Morgan fingerprint density at radius 1 is 1.18 bits per heavy atom. The van der Waals surface area contributed by atoms with Crippen LogP contribution in [-0.4, -0.2) is 11.2 Å². The molecular weight excluding hydrogens is 281 g/mol. The maximum absolute atomic E-state index is 13.2. The van der Waals surface area contributed by atoms with Crippen molar-refractivity contribution in [1.29, 1.82) is 0 Å². The number of nitrogens with one attached hydrogen (secondary N) is 1. The average Bonchev–Trinajstić information content (AvgIpc) is 3.04. The van der Waals surface area contributed by atoms with Crippen LogP contribution in [0.15, 0.2) is 52.9 Å². The third-order valence-corrected chi connectivity index (χ3v) is 4.23. The van der Waals surface area contributed by atoms with E-state index in [-0.39, 0.29) is 11.9 Å². The van der Waals surface area contributed by atoms with E-state index in [0.29, 0.717) is 18.5 Å². The van der Waals surface area contributed by atoms with Crippen LogP contribution in [-0.2, 0) is 13.0 Å². The molecule has 1 aromatic heterocycles. The van der Waals surface area contributed by atoms with Crippen molar-refractivity contribution in [2.24, 2.45) is 0 Å². The second-order valence-corrected chi connectivity index (χ2v) is 5.72. The molecule has 1 heterocycles. The molecule has 4 heteroatoms. The van der Waals surface area contributed by atoms with Gasteiger partial charge in [-0.1, -0.05) is 24.3 Å². The van der Waals surface area contributed by atoms with E-state index in [1.165, 1.54) is 17.7 Å². The smallest absolute Gasteiger partial charge is 0.134 e. The molecule has 0 radical (unpaired) electrons. The van der Waals surface area contributed by atoms with Gasteiger partial charge in [-0.3, -0.25) is 0 Å². The normalized spacial score (nSPS) is 20.5. The Kier molecular flexibility index (Phi) is 3.21. The van der Waals surface area contributed by atoms with Crippen LogP contribution >= 0.6 is 0 Å². The third-order valence-electron chi connectivity index (χ3n) is 4.23. The van der Waals surface area contributed by atoms with E-state index in [1.807, 2.05) is 30.3 Å². The van der Waals surface area contributed by atoms with Gasteiger partial charge in [-0.25, -0.2) is 4.39 Å². The minimum absolute atomic E-state index is 0.0962. The SMILES string of the molecule is OC1Cc2ccccc2C1NCc1cc2cc(F)ccc2o1. The standard InChI is InChI=1S/C18H16FNO2/c19-13-5-6-17-12(7-13)8-14(22-17)10-20-18-15-4-2-1-3-11(15)9-16(18)21/h1-8,16,18,20-21H,9-10H2. The molecule has 2 atom stereocenters. The van der Waals surface area contributed by atoms with Crippen LogP contribution in [0.3, 0.4) is 0 Å². The van der Waals surface area contributed by atoms with E-state index < -0.39 is 6.10 Å². The lowest BCUT2D eigenvalue weighted by Crippen LogP contribution is -2.28. The first-order valence-electron chi connectivity index (χ1n) is 7.38. The summed E-state index contributed by atoms with van der Waals surface area (Å²) in [5, 5.41) is 14.3. The molecule has 2 aromatic carbocycles. The number of fused-ring (bicyclic) bond motifs is 2. The number of furan rings is 1. The lowest BCUT2D eigenvalue weighted by atomic mass is 10.1. The summed E-state index contributed by atoms with van der Waals surface area (Å²) in [5.74, 6) is 0.463. The largest absolute Gasteiger partial charge is 0.460 e. The van der Waals surface area contributed by atoms with Crippen LogP contribution < -0.4 is 5.32 Å². The Morgan fingerprint density at radius 2 is 2.05 bits per heavy atom. The first-order valence-corrected chi connectivity index (χ1v) is 7.38. The molecule has 0 fully saturated rings. The molecule has 0 aliphatic heterocycles. The maximum Gasteiger partial charge on any atom is 0.134 e. The van der Waals surface area contributed by atoms with Gasteiger partial charge in [0.2, 0.25) is 0 Å².